The zero-order valence-corrected chi connectivity index (χ0v) is 17.0. The number of nitro benzene ring substituents is 1. The second-order valence-corrected chi connectivity index (χ2v) is 8.80. The van der Waals surface area contributed by atoms with E-state index in [1.165, 1.54) is 12.1 Å². The van der Waals surface area contributed by atoms with Gasteiger partial charge in [-0.15, -0.1) is 0 Å². The molecule has 1 aliphatic rings. The summed E-state index contributed by atoms with van der Waals surface area (Å²) < 4.78 is 35.2. The molecule has 0 fully saturated rings. The minimum Gasteiger partial charge on any atom is -0.487 e. The third kappa shape index (κ3) is 3.74. The van der Waals surface area contributed by atoms with Crippen LogP contribution < -0.4 is 9.46 Å². The lowest BCUT2D eigenvalue weighted by Gasteiger charge is -2.41. The summed E-state index contributed by atoms with van der Waals surface area (Å²) in [5.41, 5.74) is 0.511. The lowest BCUT2D eigenvalue weighted by Crippen LogP contribution is -2.44. The number of nitrogens with one attached hydrogen (secondary N) is 1. The van der Waals surface area contributed by atoms with Crippen LogP contribution in [0.5, 0.6) is 5.75 Å². The first-order valence-electron chi connectivity index (χ1n) is 9.26. The van der Waals surface area contributed by atoms with Crippen LogP contribution in [0, 0.1) is 17.0 Å². The quantitative estimate of drug-likeness (QED) is 0.573. The Labute approximate surface area is 164 Å². The molecule has 0 spiro atoms. The Bertz CT molecular complexity index is 999. The number of hydrogen-bond donors (Lipinski definition) is 1. The molecule has 1 unspecified atom stereocenters. The highest BCUT2D eigenvalue weighted by molar-refractivity contribution is 7.89. The maximum absolute atomic E-state index is 13.1. The molecule has 7 nitrogen and oxygen atoms in total. The fourth-order valence-electron chi connectivity index (χ4n) is 3.65. The topological polar surface area (TPSA) is 98.5 Å². The van der Waals surface area contributed by atoms with Gasteiger partial charge in [0.05, 0.1) is 15.9 Å². The number of nitro groups is 1. The number of sulfonamides is 1. The monoisotopic (exact) mass is 404 g/mol. The van der Waals surface area contributed by atoms with Crippen LogP contribution >= 0.6 is 0 Å². The standard InChI is InChI=1S/C20H24N2O5S/c1-4-20(5-2)13-17(16-8-6-7-9-18(16)27-20)21-28(25,26)19-12-15(22(23)24)11-10-14(19)3/h6-12,17,21H,4-5,13H2,1-3H3. The van der Waals surface area contributed by atoms with Crippen LogP contribution in [0.3, 0.4) is 0 Å². The number of rotatable bonds is 6. The Hall–Kier alpha value is -2.45. The Kier molecular flexibility index (Phi) is 5.45. The van der Waals surface area contributed by atoms with Gasteiger partial charge in [-0.3, -0.25) is 10.1 Å². The molecule has 0 aromatic heterocycles. The highest BCUT2D eigenvalue weighted by atomic mass is 32.2. The smallest absolute Gasteiger partial charge is 0.270 e. The van der Waals surface area contributed by atoms with Crippen molar-refractivity contribution >= 4 is 15.7 Å². The Morgan fingerprint density at radius 3 is 2.54 bits per heavy atom. The van der Waals surface area contributed by atoms with E-state index < -0.39 is 26.6 Å². The SMILES string of the molecule is CCC1(CC)CC(NS(=O)(=O)c2cc([N+](=O)[O-])ccc2C)c2ccccc2O1. The molecule has 3 rings (SSSR count). The number of benzene rings is 2. The second kappa shape index (κ2) is 7.52. The van der Waals surface area contributed by atoms with Crippen LogP contribution in [-0.4, -0.2) is 18.9 Å². The zero-order valence-electron chi connectivity index (χ0n) is 16.1. The highest BCUT2D eigenvalue weighted by Crippen LogP contribution is 2.43. The van der Waals surface area contributed by atoms with Gasteiger partial charge in [-0.25, -0.2) is 13.1 Å². The molecule has 2 aromatic rings. The lowest BCUT2D eigenvalue weighted by atomic mass is 9.84. The third-order valence-electron chi connectivity index (χ3n) is 5.46. The molecule has 0 bridgehead atoms. The van der Waals surface area contributed by atoms with E-state index in [1.807, 2.05) is 38.1 Å². The Balaban J connectivity index is 2.02. The molecule has 150 valence electrons. The van der Waals surface area contributed by atoms with Crippen LogP contribution in [0.25, 0.3) is 0 Å². The molecule has 0 radical (unpaired) electrons. The van der Waals surface area contributed by atoms with E-state index in [4.69, 9.17) is 4.74 Å². The molecule has 1 N–H and O–H groups in total. The van der Waals surface area contributed by atoms with Crippen LogP contribution in [0.4, 0.5) is 5.69 Å². The molecule has 1 aliphatic heterocycles. The van der Waals surface area contributed by atoms with Gasteiger partial charge in [-0.2, -0.15) is 0 Å². The number of para-hydroxylation sites is 1. The van der Waals surface area contributed by atoms with Gasteiger partial charge in [-0.05, 0) is 31.4 Å². The number of hydrogen-bond acceptors (Lipinski definition) is 5. The minimum atomic E-state index is -3.97. The average Bonchev–Trinajstić information content (AvgIpc) is 2.67. The number of non-ortho nitro benzene ring substituents is 1. The van der Waals surface area contributed by atoms with Crippen molar-refractivity contribution < 1.29 is 18.1 Å². The van der Waals surface area contributed by atoms with Gasteiger partial charge in [0.15, 0.2) is 0 Å². The van der Waals surface area contributed by atoms with Gasteiger partial charge in [-0.1, -0.05) is 38.1 Å². The summed E-state index contributed by atoms with van der Waals surface area (Å²) >= 11 is 0. The summed E-state index contributed by atoms with van der Waals surface area (Å²) in [4.78, 5) is 10.4. The molecule has 1 atom stereocenters. The fourth-order valence-corrected chi connectivity index (χ4v) is 5.13. The zero-order chi connectivity index (χ0) is 20.5. The molecule has 28 heavy (non-hydrogen) atoms. The molecule has 8 heteroatoms. The second-order valence-electron chi connectivity index (χ2n) is 7.11. The van der Waals surface area contributed by atoms with Crippen LogP contribution in [0.2, 0.25) is 0 Å². The molecule has 0 saturated heterocycles. The first kappa shape index (κ1) is 20.3. The largest absolute Gasteiger partial charge is 0.487 e. The van der Waals surface area contributed by atoms with Gasteiger partial charge in [0, 0.05) is 24.1 Å². The molecule has 1 heterocycles. The number of aryl methyl sites for hydroxylation is 1. The molecular formula is C20H24N2O5S. The molecular weight excluding hydrogens is 380 g/mol. The minimum absolute atomic E-state index is 0.0794. The normalized spacial score (nSPS) is 18.2. The van der Waals surface area contributed by atoms with Gasteiger partial charge in [0.1, 0.15) is 11.4 Å². The molecule has 2 aromatic carbocycles. The van der Waals surface area contributed by atoms with Crippen molar-refractivity contribution in [2.75, 3.05) is 0 Å². The molecule has 0 aliphatic carbocycles. The van der Waals surface area contributed by atoms with Crippen molar-refractivity contribution in [1.29, 1.82) is 0 Å². The number of fused-ring (bicyclic) bond motifs is 1. The maximum Gasteiger partial charge on any atom is 0.270 e. The van der Waals surface area contributed by atoms with Crippen molar-refractivity contribution in [3.63, 3.8) is 0 Å². The molecule has 0 amide bonds. The van der Waals surface area contributed by atoms with Gasteiger partial charge in [0.2, 0.25) is 10.0 Å². The van der Waals surface area contributed by atoms with Crippen molar-refractivity contribution in [1.82, 2.24) is 4.72 Å². The van der Waals surface area contributed by atoms with E-state index in [2.05, 4.69) is 4.72 Å². The maximum atomic E-state index is 13.1. The predicted octanol–water partition coefficient (Wildman–Crippen LogP) is 4.26. The van der Waals surface area contributed by atoms with Crippen molar-refractivity contribution in [2.24, 2.45) is 0 Å². The lowest BCUT2D eigenvalue weighted by molar-refractivity contribution is -0.385. The summed E-state index contributed by atoms with van der Waals surface area (Å²) in [6.45, 7) is 5.67. The summed E-state index contributed by atoms with van der Waals surface area (Å²) in [5, 5.41) is 11.1. The third-order valence-corrected chi connectivity index (χ3v) is 7.07. The summed E-state index contributed by atoms with van der Waals surface area (Å²) in [5.74, 6) is 0.668. The van der Waals surface area contributed by atoms with E-state index in [-0.39, 0.29) is 10.6 Å². The van der Waals surface area contributed by atoms with Crippen molar-refractivity contribution in [3.05, 3.63) is 63.7 Å². The Morgan fingerprint density at radius 1 is 1.21 bits per heavy atom. The van der Waals surface area contributed by atoms with E-state index in [1.54, 1.807) is 6.92 Å². The van der Waals surface area contributed by atoms with Crippen LogP contribution in [0.15, 0.2) is 47.4 Å². The Morgan fingerprint density at radius 2 is 1.89 bits per heavy atom. The average molecular weight is 404 g/mol. The summed E-state index contributed by atoms with van der Waals surface area (Å²) in [7, 11) is -3.97. The first-order valence-corrected chi connectivity index (χ1v) is 10.7. The summed E-state index contributed by atoms with van der Waals surface area (Å²) in [6, 6.07) is 10.8. The van der Waals surface area contributed by atoms with Crippen molar-refractivity contribution in [3.8, 4) is 5.75 Å². The number of nitrogens with zero attached hydrogens (tertiary/aromatic N) is 1. The first-order chi connectivity index (χ1) is 13.2. The van der Waals surface area contributed by atoms with E-state index >= 15 is 0 Å². The fraction of sp³-hybridized carbons (Fsp3) is 0.400. The van der Waals surface area contributed by atoms with E-state index in [9.17, 15) is 18.5 Å². The van der Waals surface area contributed by atoms with E-state index in [0.717, 1.165) is 24.5 Å². The van der Waals surface area contributed by atoms with Gasteiger partial charge >= 0.3 is 0 Å². The predicted molar refractivity (Wildman–Crippen MR) is 106 cm³/mol. The van der Waals surface area contributed by atoms with E-state index in [0.29, 0.717) is 17.7 Å². The molecule has 0 saturated carbocycles. The van der Waals surface area contributed by atoms with Gasteiger partial charge < -0.3 is 4.74 Å². The van der Waals surface area contributed by atoms with Crippen LogP contribution in [0.1, 0.15) is 50.3 Å². The van der Waals surface area contributed by atoms with Crippen LogP contribution in [-0.2, 0) is 10.0 Å². The summed E-state index contributed by atoms with van der Waals surface area (Å²) in [6.07, 6.45) is 1.97. The number of ether oxygens (including phenoxy) is 1. The van der Waals surface area contributed by atoms with Gasteiger partial charge in [0.25, 0.3) is 5.69 Å². The van der Waals surface area contributed by atoms with Crippen molar-refractivity contribution in [2.45, 2.75) is 56.6 Å². The highest BCUT2D eigenvalue weighted by Gasteiger charge is 2.40.